The van der Waals surface area contributed by atoms with Crippen molar-refractivity contribution in [3.8, 4) is 39.4 Å². The minimum atomic E-state index is -0.00152. The van der Waals surface area contributed by atoms with Crippen LogP contribution in [0.1, 0.15) is 33.9 Å². The van der Waals surface area contributed by atoms with Crippen molar-refractivity contribution in [3.63, 3.8) is 0 Å². The number of benzene rings is 10. The third kappa shape index (κ3) is 5.65. The summed E-state index contributed by atoms with van der Waals surface area (Å²) in [6, 6.07) is 89.8. The number of fused-ring (bicyclic) bond motifs is 17. The van der Waals surface area contributed by atoms with Crippen LogP contribution in [0.25, 0.3) is 105 Å². The van der Waals surface area contributed by atoms with Crippen molar-refractivity contribution in [2.75, 3.05) is 0 Å². The summed E-state index contributed by atoms with van der Waals surface area (Å²) in [5, 5.41) is 10.5. The van der Waals surface area contributed by atoms with Gasteiger partial charge in [-0.3, -0.25) is 0 Å². The van der Waals surface area contributed by atoms with Crippen LogP contribution in [-0.4, -0.2) is 13.7 Å². The molecule has 328 valence electrons. The first-order valence-electron chi connectivity index (χ1n) is 24.4. The van der Waals surface area contributed by atoms with E-state index in [0.717, 1.165) is 29.2 Å². The van der Waals surface area contributed by atoms with E-state index in [-0.39, 0.29) is 6.04 Å². The smallest absolute Gasteiger partial charge is 0.0625 e. The minimum Gasteiger partial charge on any atom is -0.377 e. The van der Waals surface area contributed by atoms with E-state index in [1.54, 1.807) is 0 Å². The van der Waals surface area contributed by atoms with Crippen molar-refractivity contribution in [2.45, 2.75) is 12.5 Å². The van der Waals surface area contributed by atoms with E-state index < -0.39 is 0 Å². The largest absolute Gasteiger partial charge is 0.377 e. The third-order valence-corrected chi connectivity index (χ3v) is 15.1. The summed E-state index contributed by atoms with van der Waals surface area (Å²) in [6.45, 7) is 0. The molecule has 1 unspecified atom stereocenters. The number of hydrogen-bond acceptors (Lipinski definition) is 1. The van der Waals surface area contributed by atoms with Crippen molar-refractivity contribution in [1.82, 2.24) is 19.0 Å². The molecule has 1 aliphatic carbocycles. The molecule has 3 aromatic heterocycles. The van der Waals surface area contributed by atoms with Gasteiger partial charge >= 0.3 is 0 Å². The Morgan fingerprint density at radius 1 is 0.329 bits per heavy atom. The van der Waals surface area contributed by atoms with Gasteiger partial charge in [0.1, 0.15) is 0 Å². The van der Waals surface area contributed by atoms with E-state index in [1.807, 2.05) is 0 Å². The maximum absolute atomic E-state index is 4.33. The molecule has 15 rings (SSSR count). The summed E-state index contributed by atoms with van der Waals surface area (Å²) in [7, 11) is 0. The lowest BCUT2D eigenvalue weighted by molar-refractivity contribution is 0.636. The fourth-order valence-electron chi connectivity index (χ4n) is 12.2. The zero-order valence-electron chi connectivity index (χ0n) is 38.2. The van der Waals surface area contributed by atoms with Gasteiger partial charge in [0.25, 0.3) is 0 Å². The quantitative estimate of drug-likeness (QED) is 0.187. The molecule has 70 heavy (non-hydrogen) atoms. The highest BCUT2D eigenvalue weighted by molar-refractivity contribution is 6.20. The SMILES string of the molecule is c1ccc(C2Cc3cc4c5ccccc5n(-c5ccccc5)c4cc3C3=C(N2)c2ccccc2-c2c(n(-c4ccccc4)c4cc5c6ccccc6n(-c6ccccc6)c5cc24)-c2ccccc23)cc1. The predicted molar refractivity (Wildman–Crippen MR) is 291 cm³/mol. The van der Waals surface area contributed by atoms with Gasteiger partial charge in [0, 0.05) is 66.3 Å². The topological polar surface area (TPSA) is 26.8 Å². The molecule has 0 spiro atoms. The lowest BCUT2D eigenvalue weighted by atomic mass is 9.81. The van der Waals surface area contributed by atoms with Crippen LogP contribution < -0.4 is 5.32 Å². The van der Waals surface area contributed by atoms with Gasteiger partial charge in [0.15, 0.2) is 0 Å². The Morgan fingerprint density at radius 3 is 1.41 bits per heavy atom. The second kappa shape index (κ2) is 15.2. The molecule has 0 bridgehead atoms. The summed E-state index contributed by atoms with van der Waals surface area (Å²) in [5.41, 5.74) is 22.7. The van der Waals surface area contributed by atoms with E-state index in [1.165, 1.54) is 110 Å². The average molecular weight is 893 g/mol. The van der Waals surface area contributed by atoms with E-state index >= 15 is 0 Å². The maximum atomic E-state index is 4.33. The van der Waals surface area contributed by atoms with Gasteiger partial charge < -0.3 is 19.0 Å². The highest BCUT2D eigenvalue weighted by Crippen LogP contribution is 2.53. The first-order valence-corrected chi connectivity index (χ1v) is 24.4. The monoisotopic (exact) mass is 892 g/mol. The molecule has 13 aromatic rings. The van der Waals surface area contributed by atoms with Gasteiger partial charge in [0.2, 0.25) is 0 Å². The van der Waals surface area contributed by atoms with Crippen LogP contribution in [0.15, 0.2) is 243 Å². The van der Waals surface area contributed by atoms with Crippen LogP contribution in [0.2, 0.25) is 0 Å². The summed E-state index contributed by atoms with van der Waals surface area (Å²) < 4.78 is 7.46. The molecular weight excluding hydrogens is 849 g/mol. The number of rotatable bonds is 4. The molecule has 0 radical (unpaired) electrons. The molecule has 4 heterocycles. The molecule has 1 aliphatic heterocycles. The van der Waals surface area contributed by atoms with Crippen molar-refractivity contribution in [3.05, 3.63) is 270 Å². The van der Waals surface area contributed by atoms with Crippen LogP contribution in [-0.2, 0) is 6.42 Å². The first-order chi connectivity index (χ1) is 34.8. The number of para-hydroxylation sites is 5. The molecule has 4 nitrogen and oxygen atoms in total. The fourth-order valence-corrected chi connectivity index (χ4v) is 12.2. The van der Waals surface area contributed by atoms with Crippen molar-refractivity contribution in [2.24, 2.45) is 0 Å². The van der Waals surface area contributed by atoms with Crippen LogP contribution in [0, 0.1) is 0 Å². The van der Waals surface area contributed by atoms with Gasteiger partial charge in [-0.15, -0.1) is 0 Å². The van der Waals surface area contributed by atoms with Crippen molar-refractivity contribution >= 4 is 65.8 Å². The molecule has 4 heteroatoms. The fraction of sp³-hybridized carbons (Fsp3) is 0.0303. The number of hydrogen-bond donors (Lipinski definition) is 1. The normalized spacial score (nSPS) is 14.1. The van der Waals surface area contributed by atoms with Crippen molar-refractivity contribution < 1.29 is 0 Å². The van der Waals surface area contributed by atoms with Crippen molar-refractivity contribution in [1.29, 1.82) is 0 Å². The number of nitrogens with zero attached hydrogens (tertiary/aromatic N) is 3. The summed E-state index contributed by atoms with van der Waals surface area (Å²) in [4.78, 5) is 0. The van der Waals surface area contributed by atoms with Crippen LogP contribution >= 0.6 is 0 Å². The predicted octanol–water partition coefficient (Wildman–Crippen LogP) is 16.3. The Labute approximate surface area is 405 Å². The lowest BCUT2D eigenvalue weighted by Crippen LogP contribution is -2.22. The summed E-state index contributed by atoms with van der Waals surface area (Å²) in [5.74, 6) is 0. The zero-order valence-corrected chi connectivity index (χ0v) is 38.2. The second-order valence-electron chi connectivity index (χ2n) is 18.8. The summed E-state index contributed by atoms with van der Waals surface area (Å²) in [6.07, 6.45) is 0.811. The average Bonchev–Trinajstić information content (AvgIpc) is 4.01. The maximum Gasteiger partial charge on any atom is 0.0625 e. The lowest BCUT2D eigenvalue weighted by Gasteiger charge is -2.27. The standard InChI is InChI=1S/C66H44N4/c1-5-21-42(22-6-1)57-38-43-37-54-47-29-17-19-35-58(47)68(44-23-7-2-8-24-44)60(54)39-53(43)63-50-32-14-16-34-52(50)66-64(49-31-13-15-33-51(49)65(63)67-57)56-41-61-55(40-62(56)70(66)46-27-11-4-12-28-46)48-30-18-20-36-59(48)69(61)45-25-9-3-10-26-45/h1-37,39-41,57,67H,38H2. The highest BCUT2D eigenvalue weighted by Gasteiger charge is 2.35. The Bertz CT molecular complexity index is 4270. The molecule has 0 amide bonds. The number of nitrogens with one attached hydrogen (secondary N) is 1. The molecule has 0 fully saturated rings. The molecular formula is C66H44N4. The zero-order chi connectivity index (χ0) is 45.9. The minimum absolute atomic E-state index is 0.00152. The molecule has 1 N–H and O–H groups in total. The second-order valence-corrected chi connectivity index (χ2v) is 18.8. The van der Waals surface area contributed by atoms with Crippen LogP contribution in [0.3, 0.4) is 0 Å². The van der Waals surface area contributed by atoms with E-state index in [0.29, 0.717) is 0 Å². The van der Waals surface area contributed by atoms with Gasteiger partial charge in [-0.25, -0.2) is 0 Å². The van der Waals surface area contributed by atoms with Crippen LogP contribution in [0.4, 0.5) is 0 Å². The molecule has 0 saturated heterocycles. The van der Waals surface area contributed by atoms with Gasteiger partial charge in [-0.05, 0) is 107 Å². The Morgan fingerprint density at radius 2 is 0.786 bits per heavy atom. The van der Waals surface area contributed by atoms with E-state index in [9.17, 15) is 0 Å². The first kappa shape index (κ1) is 38.9. The van der Waals surface area contributed by atoms with Crippen LogP contribution in [0.5, 0.6) is 0 Å². The molecule has 1 atom stereocenters. The Balaban J connectivity index is 1.11. The highest BCUT2D eigenvalue weighted by atomic mass is 15.0. The summed E-state index contributed by atoms with van der Waals surface area (Å²) >= 11 is 0. The van der Waals surface area contributed by atoms with E-state index in [2.05, 4.69) is 262 Å². The van der Waals surface area contributed by atoms with E-state index in [4.69, 9.17) is 0 Å². The molecule has 10 aromatic carbocycles. The third-order valence-electron chi connectivity index (χ3n) is 15.1. The van der Waals surface area contributed by atoms with Gasteiger partial charge in [-0.2, -0.15) is 0 Å². The molecule has 0 saturated carbocycles. The van der Waals surface area contributed by atoms with Gasteiger partial charge in [0.05, 0.1) is 45.0 Å². The Kier molecular flexibility index (Phi) is 8.45. The van der Waals surface area contributed by atoms with Gasteiger partial charge in [-0.1, -0.05) is 170 Å². The number of aromatic nitrogens is 3. The molecule has 2 aliphatic rings. The Hall–Kier alpha value is -9.12.